The van der Waals surface area contributed by atoms with E-state index < -0.39 is 17.1 Å². The average molecular weight is 356 g/mol. The highest BCUT2D eigenvalue weighted by molar-refractivity contribution is 5.85. The van der Waals surface area contributed by atoms with E-state index in [2.05, 4.69) is 0 Å². The predicted octanol–water partition coefficient (Wildman–Crippen LogP) is 1.29. The molecule has 1 aliphatic heterocycles. The Balaban J connectivity index is 1.72. The van der Waals surface area contributed by atoms with Gasteiger partial charge in [0.25, 0.3) is 11.5 Å². The van der Waals surface area contributed by atoms with Gasteiger partial charge in [0.1, 0.15) is 5.60 Å². The van der Waals surface area contributed by atoms with Crippen molar-refractivity contribution in [3.8, 4) is 0 Å². The van der Waals surface area contributed by atoms with Gasteiger partial charge in [0.2, 0.25) is 0 Å². The van der Waals surface area contributed by atoms with Crippen LogP contribution in [0.3, 0.4) is 0 Å². The van der Waals surface area contributed by atoms with Crippen molar-refractivity contribution in [2.45, 2.75) is 31.6 Å². The van der Waals surface area contributed by atoms with Crippen molar-refractivity contribution in [1.29, 1.82) is 0 Å². The molecule has 26 heavy (non-hydrogen) atoms. The number of likely N-dealkylation sites (tertiary alicyclic amines) is 1. The number of nitrogens with zero attached hydrogens (tertiary/aromatic N) is 2. The molecule has 0 saturated carbocycles. The van der Waals surface area contributed by atoms with Crippen molar-refractivity contribution >= 4 is 5.91 Å². The number of hydrogen-bond acceptors (Lipinski definition) is 4. The van der Waals surface area contributed by atoms with E-state index in [0.717, 1.165) is 11.1 Å². The highest BCUT2D eigenvalue weighted by atomic mass is 16.5. The lowest BCUT2D eigenvalue weighted by Gasteiger charge is -2.50. The molecular formula is C20H24N2O4. The van der Waals surface area contributed by atoms with Crippen LogP contribution in [0.1, 0.15) is 18.1 Å². The fourth-order valence-corrected chi connectivity index (χ4v) is 3.36. The number of carbonyl (C=O) groups excluding carboxylic acids is 1. The maximum Gasteiger partial charge on any atom is 0.256 e. The van der Waals surface area contributed by atoms with Gasteiger partial charge >= 0.3 is 0 Å². The number of aromatic nitrogens is 1. The first-order chi connectivity index (χ1) is 12.3. The summed E-state index contributed by atoms with van der Waals surface area (Å²) in [7, 11) is 1.62. The van der Waals surface area contributed by atoms with Gasteiger partial charge in [-0.25, -0.2) is 0 Å². The smallest absolute Gasteiger partial charge is 0.256 e. The molecule has 0 aliphatic carbocycles. The number of carbonyl (C=O) groups is 1. The summed E-state index contributed by atoms with van der Waals surface area (Å²) in [5, 5.41) is 10.7. The number of hydrogen-bond donors (Lipinski definition) is 1. The quantitative estimate of drug-likeness (QED) is 0.876. The van der Waals surface area contributed by atoms with Crippen LogP contribution in [-0.4, -0.2) is 46.3 Å². The van der Waals surface area contributed by atoms with Crippen LogP contribution in [0.5, 0.6) is 0 Å². The minimum absolute atomic E-state index is 0.0905. The number of methoxy groups -OCH3 is 1. The van der Waals surface area contributed by atoms with Crippen molar-refractivity contribution in [1.82, 2.24) is 9.47 Å². The molecule has 6 nitrogen and oxygen atoms in total. The second-order valence-corrected chi connectivity index (χ2v) is 7.17. The molecule has 1 saturated heterocycles. The van der Waals surface area contributed by atoms with E-state index in [1.54, 1.807) is 24.3 Å². The van der Waals surface area contributed by atoms with Gasteiger partial charge in [-0.2, -0.15) is 0 Å². The standard InChI is InChI=1S/C20H24N2O4/c1-15-9-10-21(17(23)11-15)12-19(2,25)18(24)22-13-20(14-22,26-3)16-7-5-4-6-8-16/h4-11,25H,12-14H2,1-3H3. The molecule has 1 fully saturated rings. The average Bonchev–Trinajstić information content (AvgIpc) is 2.58. The van der Waals surface area contributed by atoms with E-state index in [-0.39, 0.29) is 12.1 Å². The molecular weight excluding hydrogens is 332 g/mol. The molecule has 1 N–H and O–H groups in total. The highest BCUT2D eigenvalue weighted by Gasteiger charge is 2.50. The first-order valence-electron chi connectivity index (χ1n) is 8.57. The second-order valence-electron chi connectivity index (χ2n) is 7.17. The van der Waals surface area contributed by atoms with Crippen molar-refractivity contribution in [2.75, 3.05) is 20.2 Å². The molecule has 6 heteroatoms. The molecule has 2 aromatic rings. The van der Waals surface area contributed by atoms with Gasteiger partial charge in [-0.05, 0) is 31.0 Å². The van der Waals surface area contributed by atoms with E-state index >= 15 is 0 Å². The monoisotopic (exact) mass is 356 g/mol. The Morgan fingerprint density at radius 1 is 1.27 bits per heavy atom. The molecule has 1 unspecified atom stereocenters. The maximum absolute atomic E-state index is 12.8. The third-order valence-electron chi connectivity index (χ3n) is 4.96. The van der Waals surface area contributed by atoms with Crippen LogP contribution in [0.4, 0.5) is 0 Å². The van der Waals surface area contributed by atoms with Gasteiger partial charge < -0.3 is 19.3 Å². The Kier molecular flexibility index (Phi) is 4.73. The summed E-state index contributed by atoms with van der Waals surface area (Å²) in [6.07, 6.45) is 1.60. The summed E-state index contributed by atoms with van der Waals surface area (Å²) in [6.45, 7) is 3.91. The normalized spacial score (nSPS) is 18.1. The third-order valence-corrected chi connectivity index (χ3v) is 4.96. The number of pyridine rings is 1. The maximum atomic E-state index is 12.8. The number of amides is 1. The SMILES string of the molecule is COC1(c2ccccc2)CN(C(=O)C(C)(O)Cn2ccc(C)cc2=O)C1. The fourth-order valence-electron chi connectivity index (χ4n) is 3.36. The predicted molar refractivity (Wildman–Crippen MR) is 97.8 cm³/mol. The third kappa shape index (κ3) is 3.30. The van der Waals surface area contributed by atoms with Crippen LogP contribution in [0, 0.1) is 6.92 Å². The van der Waals surface area contributed by atoms with E-state index in [1.807, 2.05) is 37.3 Å². The van der Waals surface area contributed by atoms with Gasteiger partial charge in [-0.3, -0.25) is 9.59 Å². The number of aliphatic hydroxyl groups is 1. The van der Waals surface area contributed by atoms with Gasteiger partial charge in [-0.1, -0.05) is 30.3 Å². The van der Waals surface area contributed by atoms with Crippen LogP contribution in [0.2, 0.25) is 0 Å². The molecule has 1 aromatic carbocycles. The topological polar surface area (TPSA) is 71.8 Å². The van der Waals surface area contributed by atoms with E-state index in [4.69, 9.17) is 4.74 Å². The number of rotatable bonds is 5. The number of benzene rings is 1. The van der Waals surface area contributed by atoms with Crippen molar-refractivity contribution < 1.29 is 14.6 Å². The zero-order valence-electron chi connectivity index (χ0n) is 15.3. The first kappa shape index (κ1) is 18.4. The molecule has 1 aliphatic rings. The summed E-state index contributed by atoms with van der Waals surface area (Å²) in [6, 6.07) is 13.0. The Hall–Kier alpha value is -2.44. The molecule has 1 atom stereocenters. The van der Waals surface area contributed by atoms with Crippen LogP contribution in [-0.2, 0) is 21.7 Å². The molecule has 3 rings (SSSR count). The minimum Gasteiger partial charge on any atom is -0.378 e. The summed E-state index contributed by atoms with van der Waals surface area (Å²) >= 11 is 0. The summed E-state index contributed by atoms with van der Waals surface area (Å²) in [4.78, 5) is 26.4. The van der Waals surface area contributed by atoms with E-state index in [1.165, 1.54) is 17.6 Å². The van der Waals surface area contributed by atoms with Gasteiger partial charge in [-0.15, -0.1) is 0 Å². The lowest BCUT2D eigenvalue weighted by atomic mass is 9.84. The number of aryl methyl sites for hydroxylation is 1. The molecule has 0 spiro atoms. The Bertz CT molecular complexity index is 852. The largest absolute Gasteiger partial charge is 0.378 e. The first-order valence-corrected chi connectivity index (χ1v) is 8.57. The zero-order chi connectivity index (χ0) is 18.9. The summed E-state index contributed by atoms with van der Waals surface area (Å²) < 4.78 is 7.03. The molecule has 1 aromatic heterocycles. The molecule has 2 heterocycles. The molecule has 0 radical (unpaired) electrons. The number of ether oxygens (including phenoxy) is 1. The summed E-state index contributed by atoms with van der Waals surface area (Å²) in [5.41, 5.74) is -0.616. The molecule has 0 bridgehead atoms. The van der Waals surface area contributed by atoms with Crippen LogP contribution in [0.25, 0.3) is 0 Å². The van der Waals surface area contributed by atoms with Gasteiger partial charge in [0.05, 0.1) is 19.6 Å². The van der Waals surface area contributed by atoms with Crippen LogP contribution < -0.4 is 5.56 Å². The van der Waals surface area contributed by atoms with E-state index in [9.17, 15) is 14.7 Å². The fraction of sp³-hybridized carbons (Fsp3) is 0.400. The van der Waals surface area contributed by atoms with Gasteiger partial charge in [0, 0.05) is 19.4 Å². The summed E-state index contributed by atoms with van der Waals surface area (Å²) in [5.74, 6) is -0.409. The van der Waals surface area contributed by atoms with Crippen LogP contribution >= 0.6 is 0 Å². The minimum atomic E-state index is -1.67. The van der Waals surface area contributed by atoms with E-state index in [0.29, 0.717) is 13.1 Å². The van der Waals surface area contributed by atoms with Crippen LogP contribution in [0.15, 0.2) is 53.5 Å². The zero-order valence-corrected chi connectivity index (χ0v) is 15.3. The Morgan fingerprint density at radius 2 is 1.92 bits per heavy atom. The Labute approximate surface area is 152 Å². The lowest BCUT2D eigenvalue weighted by molar-refractivity contribution is -0.181. The van der Waals surface area contributed by atoms with Gasteiger partial charge in [0.15, 0.2) is 5.60 Å². The molecule has 138 valence electrons. The van der Waals surface area contributed by atoms with Crippen molar-refractivity contribution in [3.63, 3.8) is 0 Å². The molecule has 1 amide bonds. The lowest BCUT2D eigenvalue weighted by Crippen LogP contribution is -2.66. The second kappa shape index (κ2) is 6.70. The highest BCUT2D eigenvalue weighted by Crippen LogP contribution is 2.36. The van der Waals surface area contributed by atoms with Crippen molar-refractivity contribution in [2.24, 2.45) is 0 Å². The van der Waals surface area contributed by atoms with Crippen molar-refractivity contribution in [3.05, 3.63) is 70.1 Å². The Morgan fingerprint density at radius 3 is 2.50 bits per heavy atom.